The van der Waals surface area contributed by atoms with Gasteiger partial charge >= 0.3 is 0 Å². The van der Waals surface area contributed by atoms with Gasteiger partial charge in [-0.1, -0.05) is 64.9 Å². The number of thioether (sulfide) groups is 1. The van der Waals surface area contributed by atoms with Crippen LogP contribution in [0.25, 0.3) is 10.4 Å². The third kappa shape index (κ3) is 4.14. The fourth-order valence-corrected chi connectivity index (χ4v) is 4.70. The van der Waals surface area contributed by atoms with Crippen molar-refractivity contribution in [2.24, 2.45) is 5.11 Å². The molecule has 0 radical (unpaired) electrons. The highest BCUT2D eigenvalue weighted by Crippen LogP contribution is 2.40. The van der Waals surface area contributed by atoms with Crippen LogP contribution >= 0.6 is 23.4 Å². The second-order valence-electron chi connectivity index (χ2n) is 6.48. The van der Waals surface area contributed by atoms with Crippen molar-refractivity contribution in [2.45, 2.75) is 41.0 Å². The summed E-state index contributed by atoms with van der Waals surface area (Å²) in [6.45, 7) is 0.265. The van der Waals surface area contributed by atoms with Gasteiger partial charge in [0.15, 0.2) is 6.29 Å². The van der Waals surface area contributed by atoms with Crippen LogP contribution in [0.4, 0.5) is 0 Å². The van der Waals surface area contributed by atoms with Crippen LogP contribution in [-0.4, -0.2) is 41.5 Å². The summed E-state index contributed by atoms with van der Waals surface area (Å²) in [5.41, 5.74) is 9.23. The summed E-state index contributed by atoms with van der Waals surface area (Å²) in [7, 11) is 0. The van der Waals surface area contributed by atoms with E-state index >= 15 is 0 Å². The molecular formula is C19H18ClN3O4S. The maximum Gasteiger partial charge on any atom is 0.184 e. The van der Waals surface area contributed by atoms with Gasteiger partial charge in [0.2, 0.25) is 0 Å². The minimum Gasteiger partial charge on any atom is -0.389 e. The van der Waals surface area contributed by atoms with Gasteiger partial charge in [-0.05, 0) is 23.7 Å². The second-order valence-corrected chi connectivity index (χ2v) is 8.09. The molecule has 2 aromatic rings. The van der Waals surface area contributed by atoms with Gasteiger partial charge in [-0.3, -0.25) is 0 Å². The molecule has 9 heteroatoms. The van der Waals surface area contributed by atoms with Crippen LogP contribution in [0.1, 0.15) is 11.9 Å². The number of nitrogens with zero attached hydrogens (tertiary/aromatic N) is 3. The van der Waals surface area contributed by atoms with Crippen molar-refractivity contribution in [2.75, 3.05) is 6.61 Å². The van der Waals surface area contributed by atoms with Crippen LogP contribution in [0.15, 0.2) is 64.6 Å². The lowest BCUT2D eigenvalue weighted by atomic mass is 9.97. The number of azide groups is 1. The number of halogens is 1. The standard InChI is InChI=1S/C19H18ClN3O4S/c20-12-7-4-8-13(9-12)28-19-16(24)15(22-23-21)17-14(26-19)10-25-18(27-17)11-5-2-1-3-6-11/h1-9,14-19,24H,10H2/t14-,15-,16-,17+,18?,19-/m1/s1. The Hall–Kier alpha value is -1.77. The molecule has 0 bridgehead atoms. The van der Waals surface area contributed by atoms with Gasteiger partial charge in [0.1, 0.15) is 23.7 Å². The topological polar surface area (TPSA) is 96.7 Å². The zero-order valence-electron chi connectivity index (χ0n) is 14.7. The largest absolute Gasteiger partial charge is 0.389 e. The molecule has 0 spiro atoms. The Kier molecular flexibility index (Phi) is 6.08. The summed E-state index contributed by atoms with van der Waals surface area (Å²) in [4.78, 5) is 3.75. The van der Waals surface area contributed by atoms with Gasteiger partial charge in [0, 0.05) is 20.4 Å². The quantitative estimate of drug-likeness (QED) is 0.452. The lowest BCUT2D eigenvalue weighted by Gasteiger charge is -2.46. The molecule has 2 saturated heterocycles. The Labute approximate surface area is 171 Å². The number of hydrogen-bond donors (Lipinski definition) is 1. The van der Waals surface area contributed by atoms with Gasteiger partial charge in [-0.25, -0.2) is 0 Å². The molecule has 2 aliphatic rings. The molecule has 1 unspecified atom stereocenters. The molecular weight excluding hydrogens is 402 g/mol. The van der Waals surface area contributed by atoms with E-state index in [2.05, 4.69) is 10.0 Å². The Morgan fingerprint density at radius 3 is 2.71 bits per heavy atom. The van der Waals surface area contributed by atoms with Crippen molar-refractivity contribution in [3.05, 3.63) is 75.6 Å². The molecule has 0 aliphatic carbocycles. The Morgan fingerprint density at radius 1 is 1.14 bits per heavy atom. The fraction of sp³-hybridized carbons (Fsp3) is 0.368. The van der Waals surface area contributed by atoms with Crippen LogP contribution in [-0.2, 0) is 14.2 Å². The fourth-order valence-electron chi connectivity index (χ4n) is 3.32. The van der Waals surface area contributed by atoms with E-state index in [0.29, 0.717) is 5.02 Å². The van der Waals surface area contributed by atoms with E-state index in [1.165, 1.54) is 11.8 Å². The highest BCUT2D eigenvalue weighted by molar-refractivity contribution is 7.99. The number of benzene rings is 2. The van der Waals surface area contributed by atoms with Gasteiger partial charge in [-0.2, -0.15) is 0 Å². The van der Waals surface area contributed by atoms with Gasteiger partial charge in [0.25, 0.3) is 0 Å². The van der Waals surface area contributed by atoms with Crippen molar-refractivity contribution in [1.29, 1.82) is 0 Å². The van der Waals surface area contributed by atoms with Crippen molar-refractivity contribution in [3.63, 3.8) is 0 Å². The predicted octanol–water partition coefficient (Wildman–Crippen LogP) is 4.31. The lowest BCUT2D eigenvalue weighted by molar-refractivity contribution is -0.297. The van der Waals surface area contributed by atoms with E-state index in [1.54, 1.807) is 12.1 Å². The van der Waals surface area contributed by atoms with Crippen LogP contribution in [0, 0.1) is 0 Å². The monoisotopic (exact) mass is 419 g/mol. The van der Waals surface area contributed by atoms with Crippen molar-refractivity contribution < 1.29 is 19.3 Å². The van der Waals surface area contributed by atoms with Gasteiger partial charge in [0.05, 0.1) is 12.6 Å². The van der Waals surface area contributed by atoms with Gasteiger partial charge in [-0.15, -0.1) is 0 Å². The van der Waals surface area contributed by atoms with Crippen LogP contribution in [0.5, 0.6) is 0 Å². The van der Waals surface area contributed by atoms with E-state index in [0.717, 1.165) is 10.5 Å². The van der Waals surface area contributed by atoms with Crippen LogP contribution < -0.4 is 0 Å². The molecule has 6 atom stereocenters. The lowest BCUT2D eigenvalue weighted by Crippen LogP contribution is -2.60. The Bertz CT molecular complexity index is 867. The van der Waals surface area contributed by atoms with Crippen molar-refractivity contribution in [3.8, 4) is 0 Å². The molecule has 2 aliphatic heterocycles. The number of hydrogen-bond acceptors (Lipinski definition) is 6. The van der Waals surface area contributed by atoms with Crippen LogP contribution in [0.2, 0.25) is 5.02 Å². The highest BCUT2D eigenvalue weighted by atomic mass is 35.5. The van der Waals surface area contributed by atoms with Crippen molar-refractivity contribution in [1.82, 2.24) is 0 Å². The molecule has 2 heterocycles. The maximum atomic E-state index is 10.8. The second kappa shape index (κ2) is 8.71. The molecule has 4 rings (SSSR count). The first-order valence-corrected chi connectivity index (χ1v) is 10.0. The summed E-state index contributed by atoms with van der Waals surface area (Å²) in [5, 5.41) is 15.2. The van der Waals surface area contributed by atoms with Gasteiger partial charge < -0.3 is 19.3 Å². The molecule has 0 amide bonds. The summed E-state index contributed by atoms with van der Waals surface area (Å²) >= 11 is 7.36. The molecule has 0 saturated carbocycles. The summed E-state index contributed by atoms with van der Waals surface area (Å²) < 4.78 is 17.9. The molecule has 7 nitrogen and oxygen atoms in total. The highest BCUT2D eigenvalue weighted by Gasteiger charge is 2.49. The number of ether oxygens (including phenoxy) is 3. The minimum absolute atomic E-state index is 0.265. The molecule has 146 valence electrons. The molecule has 0 aromatic heterocycles. The van der Waals surface area contributed by atoms with E-state index in [-0.39, 0.29) is 6.61 Å². The third-order valence-electron chi connectivity index (χ3n) is 4.64. The summed E-state index contributed by atoms with van der Waals surface area (Å²) in [6.07, 6.45) is -2.72. The average Bonchev–Trinajstić information content (AvgIpc) is 2.71. The molecule has 28 heavy (non-hydrogen) atoms. The Balaban J connectivity index is 1.54. The minimum atomic E-state index is -1.05. The first kappa shape index (κ1) is 19.5. The smallest absolute Gasteiger partial charge is 0.184 e. The zero-order chi connectivity index (χ0) is 19.5. The molecule has 2 fully saturated rings. The van der Waals surface area contributed by atoms with Crippen LogP contribution in [0.3, 0.4) is 0 Å². The average molecular weight is 420 g/mol. The zero-order valence-corrected chi connectivity index (χ0v) is 16.2. The number of aliphatic hydroxyl groups is 1. The summed E-state index contributed by atoms with van der Waals surface area (Å²) in [6, 6.07) is 15.9. The maximum absolute atomic E-state index is 10.8. The van der Waals surface area contributed by atoms with E-state index in [1.807, 2.05) is 42.5 Å². The first-order chi connectivity index (χ1) is 13.7. The number of fused-ring (bicyclic) bond motifs is 1. The predicted molar refractivity (Wildman–Crippen MR) is 105 cm³/mol. The van der Waals surface area contributed by atoms with Crippen molar-refractivity contribution >= 4 is 23.4 Å². The Morgan fingerprint density at radius 2 is 1.96 bits per heavy atom. The number of aliphatic hydroxyl groups excluding tert-OH is 1. The molecule has 2 aromatic carbocycles. The normalized spacial score (nSPS) is 32.2. The summed E-state index contributed by atoms with van der Waals surface area (Å²) in [5.74, 6) is 0. The van der Waals surface area contributed by atoms with E-state index in [9.17, 15) is 5.11 Å². The third-order valence-corrected chi connectivity index (χ3v) is 6.02. The van der Waals surface area contributed by atoms with E-state index < -0.39 is 36.1 Å². The number of rotatable bonds is 4. The SMILES string of the molecule is [N-]=[N+]=N[C@@H]1[C@@H](O)[C@@H](Sc2cccc(Cl)c2)O[C@@H]2COC(c3ccccc3)O[C@H]12. The molecule has 1 N–H and O–H groups in total. The first-order valence-electron chi connectivity index (χ1n) is 8.77. The van der Waals surface area contributed by atoms with E-state index in [4.69, 9.17) is 31.3 Å².